The average Bonchev–Trinajstić information content (AvgIpc) is 3.26. The van der Waals surface area contributed by atoms with E-state index in [0.29, 0.717) is 12.4 Å². The predicted molar refractivity (Wildman–Crippen MR) is 129 cm³/mol. The number of nitrogens with zero attached hydrogens (tertiary/aromatic N) is 1. The van der Waals surface area contributed by atoms with Crippen LogP contribution in [0, 0.1) is 11.3 Å². The summed E-state index contributed by atoms with van der Waals surface area (Å²) in [6.07, 6.45) is 11.8. The molecule has 3 heterocycles. The highest BCUT2D eigenvalue weighted by Gasteiger charge is 2.27. The molecule has 2 atom stereocenters. The molecule has 6 nitrogen and oxygen atoms in total. The molecule has 3 aliphatic rings. The lowest BCUT2D eigenvalue weighted by atomic mass is 9.86. The van der Waals surface area contributed by atoms with Crippen molar-refractivity contribution < 1.29 is 9.47 Å². The van der Waals surface area contributed by atoms with Crippen molar-refractivity contribution in [2.45, 2.75) is 19.4 Å². The van der Waals surface area contributed by atoms with Gasteiger partial charge in [0.05, 0.1) is 19.8 Å². The molecule has 3 N–H and O–H groups in total. The van der Waals surface area contributed by atoms with Crippen molar-refractivity contribution in [3.05, 3.63) is 65.4 Å². The number of para-hydroxylation sites is 1. The highest BCUT2D eigenvalue weighted by atomic mass is 16.5. The van der Waals surface area contributed by atoms with Gasteiger partial charge in [0, 0.05) is 48.4 Å². The number of morpholine rings is 1. The quantitative estimate of drug-likeness (QED) is 0.486. The van der Waals surface area contributed by atoms with E-state index < -0.39 is 0 Å². The number of rotatable bonds is 4. The van der Waals surface area contributed by atoms with Crippen LogP contribution < -0.4 is 10.1 Å². The van der Waals surface area contributed by atoms with Crippen LogP contribution in [0.4, 0.5) is 5.82 Å². The number of anilines is 1. The zero-order chi connectivity index (χ0) is 22.1. The first-order valence-corrected chi connectivity index (χ1v) is 11.3. The van der Waals surface area contributed by atoms with Crippen molar-refractivity contribution in [1.29, 1.82) is 5.41 Å². The zero-order valence-electron chi connectivity index (χ0n) is 18.7. The fourth-order valence-electron chi connectivity index (χ4n) is 4.81. The van der Waals surface area contributed by atoms with Gasteiger partial charge in [-0.1, -0.05) is 36.4 Å². The Hall–Kier alpha value is -3.25. The van der Waals surface area contributed by atoms with Crippen molar-refractivity contribution in [2.75, 3.05) is 38.7 Å². The molecule has 0 bridgehead atoms. The molecule has 5 rings (SSSR count). The Morgan fingerprint density at radius 3 is 2.94 bits per heavy atom. The molecule has 6 heteroatoms. The van der Waals surface area contributed by atoms with Crippen LogP contribution in [0.1, 0.15) is 18.9 Å². The summed E-state index contributed by atoms with van der Waals surface area (Å²) in [5.74, 6) is 2.70. The number of aromatic amines is 1. The van der Waals surface area contributed by atoms with Crippen LogP contribution >= 0.6 is 0 Å². The molecule has 1 aliphatic carbocycles. The molecule has 1 aromatic heterocycles. The first kappa shape index (κ1) is 20.6. The Bertz CT molecular complexity index is 1110. The molecule has 32 heavy (non-hydrogen) atoms. The topological polar surface area (TPSA) is 73.4 Å². The largest absolute Gasteiger partial charge is 0.496 e. The van der Waals surface area contributed by atoms with Crippen LogP contribution in [0.15, 0.2) is 59.8 Å². The number of fused-ring (bicyclic) bond motifs is 1. The number of hydrogen-bond donors (Lipinski definition) is 3. The summed E-state index contributed by atoms with van der Waals surface area (Å²) in [4.78, 5) is 5.55. The number of amidine groups is 1. The van der Waals surface area contributed by atoms with Crippen molar-refractivity contribution in [1.82, 2.24) is 9.88 Å². The molecule has 0 saturated carbocycles. The SMILES string of the molecule is COc1ccccc1-c1c[nH]c2c1C=C(C1=CC=CC(C(=N)N3CCOC(C)C3)C1)CN2. The van der Waals surface area contributed by atoms with Gasteiger partial charge in [0.2, 0.25) is 0 Å². The van der Waals surface area contributed by atoms with Gasteiger partial charge in [0.15, 0.2) is 0 Å². The van der Waals surface area contributed by atoms with Crippen molar-refractivity contribution in [3.63, 3.8) is 0 Å². The summed E-state index contributed by atoms with van der Waals surface area (Å²) in [7, 11) is 1.71. The van der Waals surface area contributed by atoms with E-state index in [9.17, 15) is 0 Å². The van der Waals surface area contributed by atoms with Gasteiger partial charge in [-0.2, -0.15) is 0 Å². The van der Waals surface area contributed by atoms with E-state index in [4.69, 9.17) is 14.9 Å². The van der Waals surface area contributed by atoms with Crippen LogP contribution in [0.5, 0.6) is 5.75 Å². The lowest BCUT2D eigenvalue weighted by molar-refractivity contribution is 0.00428. The fraction of sp³-hybridized carbons (Fsp3) is 0.346. The van der Waals surface area contributed by atoms with Crippen LogP contribution in [-0.4, -0.2) is 55.2 Å². The number of nitrogens with one attached hydrogen (secondary N) is 3. The Morgan fingerprint density at radius 2 is 2.09 bits per heavy atom. The maximum Gasteiger partial charge on any atom is 0.126 e. The van der Waals surface area contributed by atoms with Gasteiger partial charge in [-0.15, -0.1) is 0 Å². The van der Waals surface area contributed by atoms with E-state index >= 15 is 0 Å². The molecule has 1 saturated heterocycles. The number of aromatic nitrogens is 1. The lowest BCUT2D eigenvalue weighted by Gasteiger charge is -2.36. The molecule has 1 fully saturated rings. The second-order valence-corrected chi connectivity index (χ2v) is 8.61. The predicted octanol–water partition coefficient (Wildman–Crippen LogP) is 4.70. The van der Waals surface area contributed by atoms with Gasteiger partial charge in [0.1, 0.15) is 17.4 Å². The monoisotopic (exact) mass is 430 g/mol. The van der Waals surface area contributed by atoms with Gasteiger partial charge in [-0.25, -0.2) is 0 Å². The number of hydrogen-bond acceptors (Lipinski definition) is 4. The maximum absolute atomic E-state index is 8.79. The highest BCUT2D eigenvalue weighted by Crippen LogP contribution is 2.39. The number of methoxy groups -OCH3 is 1. The van der Waals surface area contributed by atoms with E-state index in [1.807, 2.05) is 24.4 Å². The second-order valence-electron chi connectivity index (χ2n) is 8.61. The third-order valence-corrected chi connectivity index (χ3v) is 6.52. The number of allylic oxidation sites excluding steroid dienone is 2. The normalized spacial score (nSPS) is 22.5. The van der Waals surface area contributed by atoms with Gasteiger partial charge < -0.3 is 24.7 Å². The molecule has 2 aromatic rings. The van der Waals surface area contributed by atoms with E-state index in [1.165, 1.54) is 11.1 Å². The number of H-pyrrole nitrogens is 1. The standard InChI is InChI=1S/C26H30N4O2/c1-17-16-30(10-11-32-17)25(27)19-7-5-6-18(12-19)20-13-22-23(15-29-26(22)28-14-20)21-8-3-4-9-24(21)31-2/h3-9,13,15,17,19,27-29H,10-12,14,16H2,1-2H3. The van der Waals surface area contributed by atoms with Crippen molar-refractivity contribution >= 4 is 17.7 Å². The molecule has 2 unspecified atom stereocenters. The van der Waals surface area contributed by atoms with Gasteiger partial charge in [-0.05, 0) is 36.6 Å². The molecular weight excluding hydrogens is 400 g/mol. The molecule has 0 radical (unpaired) electrons. The summed E-state index contributed by atoms with van der Waals surface area (Å²) < 4.78 is 11.3. The third kappa shape index (κ3) is 3.86. The Morgan fingerprint density at radius 1 is 1.22 bits per heavy atom. The maximum atomic E-state index is 8.79. The van der Waals surface area contributed by atoms with E-state index in [1.54, 1.807) is 7.11 Å². The summed E-state index contributed by atoms with van der Waals surface area (Å²) in [5, 5.41) is 12.3. The van der Waals surface area contributed by atoms with Crippen LogP contribution in [0.25, 0.3) is 17.2 Å². The van der Waals surface area contributed by atoms with Crippen LogP contribution in [0.3, 0.4) is 0 Å². The first-order chi connectivity index (χ1) is 15.6. The number of ether oxygens (including phenoxy) is 2. The van der Waals surface area contributed by atoms with Crippen LogP contribution in [-0.2, 0) is 4.74 Å². The Kier molecular flexibility index (Phi) is 5.62. The Labute approximate surface area is 189 Å². The average molecular weight is 431 g/mol. The minimum atomic E-state index is 0.0995. The molecule has 1 aromatic carbocycles. The van der Waals surface area contributed by atoms with Gasteiger partial charge in [-0.3, -0.25) is 5.41 Å². The van der Waals surface area contributed by atoms with E-state index in [2.05, 4.69) is 52.5 Å². The Balaban J connectivity index is 1.39. The zero-order valence-corrected chi connectivity index (χ0v) is 18.7. The van der Waals surface area contributed by atoms with Gasteiger partial charge >= 0.3 is 0 Å². The van der Waals surface area contributed by atoms with Gasteiger partial charge in [0.25, 0.3) is 0 Å². The minimum absolute atomic E-state index is 0.0995. The fourth-order valence-corrected chi connectivity index (χ4v) is 4.81. The first-order valence-electron chi connectivity index (χ1n) is 11.3. The smallest absolute Gasteiger partial charge is 0.126 e. The molecule has 2 aliphatic heterocycles. The summed E-state index contributed by atoms with van der Waals surface area (Å²) in [5.41, 5.74) is 5.91. The summed E-state index contributed by atoms with van der Waals surface area (Å²) >= 11 is 0. The van der Waals surface area contributed by atoms with Crippen molar-refractivity contribution in [3.8, 4) is 16.9 Å². The number of benzene rings is 1. The summed E-state index contributed by atoms with van der Waals surface area (Å²) in [6.45, 7) is 5.13. The lowest BCUT2D eigenvalue weighted by Crippen LogP contribution is -2.46. The molecular formula is C26H30N4O2. The third-order valence-electron chi connectivity index (χ3n) is 6.52. The minimum Gasteiger partial charge on any atom is -0.496 e. The van der Waals surface area contributed by atoms with Crippen molar-refractivity contribution in [2.24, 2.45) is 5.92 Å². The molecule has 0 spiro atoms. The molecule has 166 valence electrons. The van der Waals surface area contributed by atoms with E-state index in [-0.39, 0.29) is 12.0 Å². The molecule has 0 amide bonds. The van der Waals surface area contributed by atoms with Crippen LogP contribution in [0.2, 0.25) is 0 Å². The highest BCUT2D eigenvalue weighted by molar-refractivity contribution is 5.88. The summed E-state index contributed by atoms with van der Waals surface area (Å²) in [6, 6.07) is 8.11. The second kappa shape index (κ2) is 8.71. The van der Waals surface area contributed by atoms with E-state index in [0.717, 1.165) is 54.3 Å².